The number of likely N-dealkylation sites (tertiary alicyclic amines) is 1. The van der Waals surface area contributed by atoms with Crippen LogP contribution in [0.3, 0.4) is 0 Å². The highest BCUT2D eigenvalue weighted by Crippen LogP contribution is 2.23. The molecule has 1 aromatic rings. The first-order chi connectivity index (χ1) is 11.1. The van der Waals surface area contributed by atoms with E-state index in [-0.39, 0.29) is 0 Å². The van der Waals surface area contributed by atoms with E-state index < -0.39 is 6.09 Å². The number of halogens is 1. The standard InChI is InChI=1S/C16H22ClN3O3/c1-23-8-2-3-13-11-19-15(17)9-14(13)18-10-12-4-6-20(7-5-12)16(21)22/h2-3,9,11-12H,4-8,10H2,1H3,(H,18,19)(H,21,22). The first-order valence-corrected chi connectivity index (χ1v) is 8.00. The topological polar surface area (TPSA) is 74.7 Å². The van der Waals surface area contributed by atoms with E-state index in [4.69, 9.17) is 21.4 Å². The number of piperidine rings is 1. The van der Waals surface area contributed by atoms with Gasteiger partial charge >= 0.3 is 6.09 Å². The second kappa shape index (κ2) is 8.74. The third-order valence-electron chi connectivity index (χ3n) is 3.93. The molecule has 2 N–H and O–H groups in total. The second-order valence-corrected chi connectivity index (χ2v) is 5.93. The van der Waals surface area contributed by atoms with E-state index in [0.29, 0.717) is 30.8 Å². The van der Waals surface area contributed by atoms with Crippen LogP contribution >= 0.6 is 11.6 Å². The van der Waals surface area contributed by atoms with Crippen molar-refractivity contribution in [3.05, 3.63) is 29.1 Å². The Morgan fingerprint density at radius 2 is 2.30 bits per heavy atom. The van der Waals surface area contributed by atoms with Crippen LogP contribution in [0.25, 0.3) is 6.08 Å². The van der Waals surface area contributed by atoms with Gasteiger partial charge in [0.05, 0.1) is 6.61 Å². The zero-order valence-electron chi connectivity index (χ0n) is 13.2. The van der Waals surface area contributed by atoms with Crippen LogP contribution in [0.15, 0.2) is 18.3 Å². The lowest BCUT2D eigenvalue weighted by Gasteiger charge is -2.30. The van der Waals surface area contributed by atoms with Gasteiger partial charge < -0.3 is 20.1 Å². The van der Waals surface area contributed by atoms with Crippen LogP contribution in [0, 0.1) is 5.92 Å². The molecule has 0 aromatic carbocycles. The largest absolute Gasteiger partial charge is 0.465 e. The molecule has 0 radical (unpaired) electrons. The Morgan fingerprint density at radius 3 is 2.96 bits per heavy atom. The van der Waals surface area contributed by atoms with Gasteiger partial charge in [-0.25, -0.2) is 9.78 Å². The van der Waals surface area contributed by atoms with Crippen LogP contribution in [0.5, 0.6) is 0 Å². The lowest BCUT2D eigenvalue weighted by molar-refractivity contribution is 0.126. The molecule has 1 fully saturated rings. The molecule has 23 heavy (non-hydrogen) atoms. The van der Waals surface area contributed by atoms with Crippen molar-refractivity contribution >= 4 is 29.5 Å². The number of methoxy groups -OCH3 is 1. The SMILES string of the molecule is COCC=Cc1cnc(Cl)cc1NCC1CCN(C(=O)O)CC1. The highest BCUT2D eigenvalue weighted by Gasteiger charge is 2.22. The van der Waals surface area contributed by atoms with E-state index in [2.05, 4.69) is 10.3 Å². The molecule has 1 saturated heterocycles. The summed E-state index contributed by atoms with van der Waals surface area (Å²) in [5.41, 5.74) is 1.88. The predicted molar refractivity (Wildman–Crippen MR) is 91.0 cm³/mol. The van der Waals surface area contributed by atoms with Crippen LogP contribution in [-0.2, 0) is 4.74 Å². The number of aromatic nitrogens is 1. The van der Waals surface area contributed by atoms with Gasteiger partial charge in [0.2, 0.25) is 0 Å². The van der Waals surface area contributed by atoms with Gasteiger partial charge in [-0.2, -0.15) is 0 Å². The maximum Gasteiger partial charge on any atom is 0.407 e. The van der Waals surface area contributed by atoms with Gasteiger partial charge in [0, 0.05) is 44.2 Å². The fraction of sp³-hybridized carbons (Fsp3) is 0.500. The number of ether oxygens (including phenoxy) is 1. The summed E-state index contributed by atoms with van der Waals surface area (Å²) in [6, 6.07) is 1.81. The minimum atomic E-state index is -0.831. The number of hydrogen-bond donors (Lipinski definition) is 2. The third kappa shape index (κ3) is 5.41. The van der Waals surface area contributed by atoms with Crippen molar-refractivity contribution in [1.29, 1.82) is 0 Å². The quantitative estimate of drug-likeness (QED) is 0.778. The summed E-state index contributed by atoms with van der Waals surface area (Å²) in [6.07, 6.45) is 6.50. The Kier molecular flexibility index (Phi) is 6.67. The van der Waals surface area contributed by atoms with Crippen molar-refractivity contribution in [2.75, 3.05) is 38.7 Å². The minimum Gasteiger partial charge on any atom is -0.465 e. The van der Waals surface area contributed by atoms with E-state index in [9.17, 15) is 4.79 Å². The molecule has 7 heteroatoms. The van der Waals surface area contributed by atoms with Gasteiger partial charge in [-0.1, -0.05) is 23.8 Å². The lowest BCUT2D eigenvalue weighted by Crippen LogP contribution is -2.39. The predicted octanol–water partition coefficient (Wildman–Crippen LogP) is 3.20. The average molecular weight is 340 g/mol. The van der Waals surface area contributed by atoms with E-state index in [1.54, 1.807) is 19.4 Å². The number of nitrogens with zero attached hydrogens (tertiary/aromatic N) is 2. The number of amides is 1. The fourth-order valence-corrected chi connectivity index (χ4v) is 2.74. The molecule has 1 amide bonds. The normalized spacial score (nSPS) is 16.0. The highest BCUT2D eigenvalue weighted by atomic mass is 35.5. The van der Waals surface area contributed by atoms with Gasteiger partial charge in [0.25, 0.3) is 0 Å². The molecule has 1 aliphatic heterocycles. The van der Waals surface area contributed by atoms with Gasteiger partial charge in [-0.15, -0.1) is 0 Å². The number of carbonyl (C=O) groups is 1. The van der Waals surface area contributed by atoms with Crippen LogP contribution in [0.2, 0.25) is 5.15 Å². The molecule has 0 bridgehead atoms. The van der Waals surface area contributed by atoms with Gasteiger partial charge in [0.1, 0.15) is 5.15 Å². The molecule has 6 nitrogen and oxygen atoms in total. The Hall–Kier alpha value is -1.79. The summed E-state index contributed by atoms with van der Waals surface area (Å²) in [7, 11) is 1.65. The molecule has 2 rings (SSSR count). The van der Waals surface area contributed by atoms with E-state index in [1.165, 1.54) is 4.90 Å². The zero-order chi connectivity index (χ0) is 16.7. The van der Waals surface area contributed by atoms with E-state index >= 15 is 0 Å². The van der Waals surface area contributed by atoms with Gasteiger partial charge in [-0.3, -0.25) is 0 Å². The Bertz CT molecular complexity index is 558. The van der Waals surface area contributed by atoms with Crippen molar-refractivity contribution in [2.24, 2.45) is 5.92 Å². The smallest absolute Gasteiger partial charge is 0.407 e. The van der Waals surface area contributed by atoms with E-state index in [1.807, 2.05) is 12.2 Å². The molecule has 2 heterocycles. The van der Waals surface area contributed by atoms with Crippen molar-refractivity contribution in [2.45, 2.75) is 12.8 Å². The summed E-state index contributed by atoms with van der Waals surface area (Å²) < 4.78 is 5.01. The van der Waals surface area contributed by atoms with Crippen molar-refractivity contribution in [1.82, 2.24) is 9.88 Å². The molecule has 1 aliphatic rings. The molecule has 0 atom stereocenters. The molecular formula is C16H22ClN3O3. The monoisotopic (exact) mass is 339 g/mol. The van der Waals surface area contributed by atoms with Gasteiger partial charge in [-0.05, 0) is 24.8 Å². The van der Waals surface area contributed by atoms with Crippen LogP contribution in [-0.4, -0.2) is 54.4 Å². The molecule has 0 saturated carbocycles. The maximum absolute atomic E-state index is 10.9. The maximum atomic E-state index is 10.9. The zero-order valence-corrected chi connectivity index (χ0v) is 13.9. The Balaban J connectivity index is 1.92. The lowest BCUT2D eigenvalue weighted by atomic mass is 9.97. The molecule has 126 valence electrons. The summed E-state index contributed by atoms with van der Waals surface area (Å²) >= 11 is 5.98. The molecule has 0 unspecified atom stereocenters. The minimum absolute atomic E-state index is 0.442. The molecule has 1 aromatic heterocycles. The van der Waals surface area contributed by atoms with Crippen LogP contribution in [0.1, 0.15) is 18.4 Å². The number of nitrogens with one attached hydrogen (secondary N) is 1. The Labute approximate surface area is 141 Å². The molecule has 0 spiro atoms. The first-order valence-electron chi connectivity index (χ1n) is 7.63. The summed E-state index contributed by atoms with van der Waals surface area (Å²) in [6.45, 7) is 2.52. The van der Waals surface area contributed by atoms with Crippen LogP contribution in [0.4, 0.5) is 10.5 Å². The summed E-state index contributed by atoms with van der Waals surface area (Å²) in [4.78, 5) is 16.5. The average Bonchev–Trinajstić information content (AvgIpc) is 2.55. The highest BCUT2D eigenvalue weighted by molar-refractivity contribution is 6.29. The second-order valence-electron chi connectivity index (χ2n) is 5.55. The first kappa shape index (κ1) is 17.6. The van der Waals surface area contributed by atoms with E-state index in [0.717, 1.165) is 30.6 Å². The number of anilines is 1. The Morgan fingerprint density at radius 1 is 1.57 bits per heavy atom. The number of pyridine rings is 1. The number of rotatable bonds is 6. The van der Waals surface area contributed by atoms with Crippen molar-refractivity contribution in [3.8, 4) is 0 Å². The summed E-state index contributed by atoms with van der Waals surface area (Å²) in [5.74, 6) is 0.452. The summed E-state index contributed by atoms with van der Waals surface area (Å²) in [5, 5.41) is 12.8. The number of carboxylic acid groups (broad SMARTS) is 1. The fourth-order valence-electron chi connectivity index (χ4n) is 2.58. The van der Waals surface area contributed by atoms with Crippen molar-refractivity contribution in [3.63, 3.8) is 0 Å². The van der Waals surface area contributed by atoms with Crippen molar-refractivity contribution < 1.29 is 14.6 Å². The molecule has 0 aliphatic carbocycles. The third-order valence-corrected chi connectivity index (χ3v) is 4.13. The van der Waals surface area contributed by atoms with Gasteiger partial charge in [0.15, 0.2) is 0 Å². The number of hydrogen-bond acceptors (Lipinski definition) is 4. The molecular weight excluding hydrogens is 318 g/mol. The van der Waals surface area contributed by atoms with Crippen LogP contribution < -0.4 is 5.32 Å².